The summed E-state index contributed by atoms with van der Waals surface area (Å²) in [5.74, 6) is 0. The van der Waals surface area contributed by atoms with Crippen LogP contribution in [0.3, 0.4) is 0 Å². The maximum Gasteiger partial charge on any atom is 0.673 e. The van der Waals surface area contributed by atoms with E-state index in [9.17, 15) is 27.4 Å². The molecule has 4 aromatic carbocycles. The smallest absolute Gasteiger partial charge is 0.418 e. The Bertz CT molecular complexity index is 2750. The molecule has 0 spiro atoms. The Morgan fingerprint density at radius 3 is 1.28 bits per heavy atom. The van der Waals surface area contributed by atoms with Crippen molar-refractivity contribution in [2.45, 2.75) is 27.7 Å². The summed E-state index contributed by atoms with van der Waals surface area (Å²) in [6, 6.07) is 55.7. The van der Waals surface area contributed by atoms with Gasteiger partial charge >= 0.3 is 7.25 Å². The molecule has 0 saturated heterocycles. The number of nitrogens with zero attached hydrogens (tertiary/aromatic N) is 7. The van der Waals surface area contributed by atoms with Gasteiger partial charge in [-0.3, -0.25) is 20.1 Å². The molecule has 0 atom stereocenters. The highest BCUT2D eigenvalue weighted by atomic mass is 19.5. The van der Waals surface area contributed by atoms with Gasteiger partial charge in [0.1, 0.15) is 0 Å². The molecule has 0 N–H and O–H groups in total. The fourth-order valence-corrected chi connectivity index (χ4v) is 6.88. The number of rotatable bonds is 8. The zero-order valence-corrected chi connectivity index (χ0v) is 35.2. The van der Waals surface area contributed by atoms with Crippen LogP contribution in [0.25, 0.3) is 73.2 Å². The first-order valence-electron chi connectivity index (χ1n) is 19.7. The van der Waals surface area contributed by atoms with Crippen molar-refractivity contribution in [2.75, 3.05) is 0 Å². The van der Waals surface area contributed by atoms with Crippen LogP contribution in [0.4, 0.5) is 23.0 Å². The molecule has 9 nitrogen and oxygen atoms in total. The van der Waals surface area contributed by atoms with Crippen molar-refractivity contribution in [3.63, 3.8) is 0 Å². The highest BCUT2D eigenvalue weighted by Crippen LogP contribution is 2.35. The van der Waals surface area contributed by atoms with Crippen molar-refractivity contribution in [1.82, 2.24) is 15.0 Å². The third kappa shape index (κ3) is 12.4. The maximum absolute atomic E-state index is 11.5. The number of non-ortho nitro benzene ring substituents is 1. The Morgan fingerprint density at radius 2 is 0.906 bits per heavy atom. The molecule has 4 aromatic heterocycles. The van der Waals surface area contributed by atoms with Gasteiger partial charge < -0.3 is 17.3 Å². The molecular weight excluding hydrogens is 817 g/mol. The first-order chi connectivity index (χ1) is 30.8. The molecule has 8 aromatic rings. The van der Waals surface area contributed by atoms with Crippen LogP contribution in [0.2, 0.25) is 0 Å². The minimum Gasteiger partial charge on any atom is -0.418 e. The van der Waals surface area contributed by atoms with E-state index in [-0.39, 0.29) is 10.6 Å². The van der Waals surface area contributed by atoms with Crippen LogP contribution in [0.5, 0.6) is 0 Å². The fourth-order valence-electron chi connectivity index (χ4n) is 6.88. The zero-order chi connectivity index (χ0) is 46.2. The Labute approximate surface area is 368 Å². The maximum atomic E-state index is 11.5. The Hall–Kier alpha value is -8.36. The third-order valence-corrected chi connectivity index (χ3v) is 9.34. The second-order valence-corrected chi connectivity index (χ2v) is 13.8. The van der Waals surface area contributed by atoms with Crippen molar-refractivity contribution >= 4 is 12.9 Å². The van der Waals surface area contributed by atoms with Gasteiger partial charge in [-0.1, -0.05) is 48.5 Å². The lowest BCUT2D eigenvalue weighted by molar-refractivity contribution is -0.572. The normalized spacial score (nSPS) is 10.3. The molecule has 4 heterocycles. The predicted octanol–water partition coefficient (Wildman–Crippen LogP) is 13.0. The van der Waals surface area contributed by atoms with Crippen LogP contribution < -0.4 is 4.57 Å². The predicted molar refractivity (Wildman–Crippen MR) is 243 cm³/mol. The Morgan fingerprint density at radius 1 is 0.531 bits per heavy atom. The molecule has 318 valence electrons. The Balaban J connectivity index is 0.000000633. The SMILES string of the molecule is CC#N.CC#N.Cc1cc(-c2cc(-c3ccccn3)nc(-c3ccccn3)c2)cc(C)c1-[n+]1c(-c2ccccc2)cc(-c2ccc([N+](=O)[O-])cc2)cc1-c1ccccc1.F[B-](F)(F)F. The summed E-state index contributed by atoms with van der Waals surface area (Å²) in [7, 11) is -6.00. The molecule has 0 aliphatic heterocycles. The van der Waals surface area contributed by atoms with E-state index in [2.05, 4.69) is 89.0 Å². The minimum atomic E-state index is -6.00. The fraction of sp³-hybridized carbons (Fsp3) is 0.0800. The molecule has 14 heteroatoms. The van der Waals surface area contributed by atoms with Gasteiger partial charge in [0.05, 0.1) is 39.8 Å². The third-order valence-electron chi connectivity index (χ3n) is 9.34. The lowest BCUT2D eigenvalue weighted by atomic mass is 9.94. The summed E-state index contributed by atoms with van der Waals surface area (Å²) in [6.45, 7) is 7.18. The summed E-state index contributed by atoms with van der Waals surface area (Å²) in [5, 5.41) is 26.1. The van der Waals surface area contributed by atoms with Gasteiger partial charge in [-0.15, -0.1) is 0 Å². The average Bonchev–Trinajstić information content (AvgIpc) is 3.30. The quantitative estimate of drug-likeness (QED) is 0.0488. The van der Waals surface area contributed by atoms with Gasteiger partial charge in [-0.25, -0.2) is 4.98 Å². The molecule has 0 fully saturated rings. The number of halogens is 4. The molecule has 0 bridgehead atoms. The summed E-state index contributed by atoms with van der Waals surface area (Å²) < 4.78 is 41.3. The average molecular weight is 858 g/mol. The summed E-state index contributed by atoms with van der Waals surface area (Å²) in [4.78, 5) is 25.3. The van der Waals surface area contributed by atoms with E-state index in [1.165, 1.54) is 13.8 Å². The van der Waals surface area contributed by atoms with Crippen LogP contribution in [-0.4, -0.2) is 27.1 Å². The van der Waals surface area contributed by atoms with E-state index in [4.69, 9.17) is 15.5 Å². The zero-order valence-electron chi connectivity index (χ0n) is 35.2. The Kier molecular flexibility index (Phi) is 16.0. The largest absolute Gasteiger partial charge is 0.673 e. The molecule has 64 heavy (non-hydrogen) atoms. The second kappa shape index (κ2) is 21.9. The van der Waals surface area contributed by atoms with Gasteiger partial charge in [0, 0.05) is 72.8 Å². The van der Waals surface area contributed by atoms with Crippen LogP contribution in [-0.2, 0) is 0 Å². The topological polar surface area (TPSA) is 133 Å². The van der Waals surface area contributed by atoms with Crippen LogP contribution in [0, 0.1) is 46.6 Å². The minimum absolute atomic E-state index is 0.0613. The van der Waals surface area contributed by atoms with Crippen molar-refractivity contribution < 1.29 is 26.8 Å². The summed E-state index contributed by atoms with van der Waals surface area (Å²) in [6.07, 6.45) is 3.57. The number of nitro groups is 1. The van der Waals surface area contributed by atoms with Crippen molar-refractivity contribution in [2.24, 2.45) is 0 Å². The number of nitro benzene ring substituents is 1. The molecule has 8 rings (SSSR count). The van der Waals surface area contributed by atoms with Gasteiger partial charge in [-0.2, -0.15) is 15.1 Å². The molecule has 0 unspecified atom stereocenters. The lowest BCUT2D eigenvalue weighted by Gasteiger charge is -2.16. The number of aryl methyl sites for hydroxylation is 2. The van der Waals surface area contributed by atoms with Gasteiger partial charge in [0.2, 0.25) is 17.1 Å². The number of hydrogen-bond acceptors (Lipinski definition) is 7. The first-order valence-corrected chi connectivity index (χ1v) is 19.7. The van der Waals surface area contributed by atoms with E-state index in [1.54, 1.807) is 36.7 Å². The molecule has 0 amide bonds. The van der Waals surface area contributed by atoms with E-state index in [0.717, 1.165) is 84.4 Å². The van der Waals surface area contributed by atoms with Gasteiger partial charge in [-0.05, 0) is 121 Å². The van der Waals surface area contributed by atoms with E-state index >= 15 is 0 Å². The first kappa shape index (κ1) is 46.7. The van der Waals surface area contributed by atoms with Crippen LogP contribution in [0.15, 0.2) is 170 Å². The number of benzene rings is 4. The van der Waals surface area contributed by atoms with Crippen LogP contribution in [0.1, 0.15) is 25.0 Å². The van der Waals surface area contributed by atoms with Gasteiger partial charge in [0.15, 0.2) is 0 Å². The highest BCUT2D eigenvalue weighted by molar-refractivity contribution is 6.50. The number of aromatic nitrogens is 4. The molecule has 0 radical (unpaired) electrons. The number of hydrogen-bond donors (Lipinski definition) is 0. The molecule has 0 saturated carbocycles. The van der Waals surface area contributed by atoms with Crippen molar-refractivity contribution in [3.05, 3.63) is 191 Å². The monoisotopic (exact) mass is 857 g/mol. The lowest BCUT2D eigenvalue weighted by Crippen LogP contribution is -2.38. The van der Waals surface area contributed by atoms with Crippen LogP contribution >= 0.6 is 0 Å². The highest BCUT2D eigenvalue weighted by Gasteiger charge is 2.28. The van der Waals surface area contributed by atoms with Crippen molar-refractivity contribution in [1.29, 1.82) is 10.5 Å². The standard InChI is InChI=1S/C46H34N5O2.2C2H3N.BF4/c1-31-25-36(37-27-42(40-17-9-11-23-47-40)49-43(28-37)41-18-10-12-24-48-41)26-32(2)46(31)50-44(34-13-5-3-6-14-34)29-38(30-45(50)35-15-7-4-8-16-35)33-19-21-39(22-20-33)51(52)53;2*1-2-3;2-1(3,4)5/h3-30H,1-2H3;2*1H3;/q+1;;;-1. The summed E-state index contributed by atoms with van der Waals surface area (Å²) in [5.41, 5.74) is 14.5. The second-order valence-electron chi connectivity index (χ2n) is 13.8. The van der Waals surface area contributed by atoms with E-state index in [0.29, 0.717) is 0 Å². The molecule has 0 aliphatic rings. The summed E-state index contributed by atoms with van der Waals surface area (Å²) >= 11 is 0. The van der Waals surface area contributed by atoms with E-state index < -0.39 is 7.25 Å². The molecular formula is C50H40BF4N7O2. The van der Waals surface area contributed by atoms with E-state index in [1.807, 2.05) is 84.9 Å². The van der Waals surface area contributed by atoms with Crippen molar-refractivity contribution in [3.8, 4) is 85.4 Å². The number of pyridine rings is 4. The van der Waals surface area contributed by atoms with Gasteiger partial charge in [0.25, 0.3) is 5.69 Å². The molecule has 0 aliphatic carbocycles. The number of nitriles is 2.